The van der Waals surface area contributed by atoms with Crippen LogP contribution in [0.15, 0.2) is 57.3 Å². The maximum Gasteiger partial charge on any atom is 0.349 e. The minimum atomic E-state index is -1.52. The van der Waals surface area contributed by atoms with Crippen LogP contribution >= 0.6 is 23.2 Å². The summed E-state index contributed by atoms with van der Waals surface area (Å²) in [7, 11) is 1.60. The van der Waals surface area contributed by atoms with E-state index in [0.29, 0.717) is 29.7 Å². The summed E-state index contributed by atoms with van der Waals surface area (Å²) in [5.41, 5.74) is 2.30. The van der Waals surface area contributed by atoms with Gasteiger partial charge in [0.1, 0.15) is 21.6 Å². The number of carboxylic acid groups (broad SMARTS) is 1. The third-order valence-corrected chi connectivity index (χ3v) is 5.93. The number of ether oxygens (including phenoxy) is 1. The molecule has 2 heterocycles. The van der Waals surface area contributed by atoms with Crippen LogP contribution in [0.2, 0.25) is 0 Å². The molecule has 0 spiro atoms. The number of carbonyl (C=O) groups excluding carboxylic acids is 1. The molecule has 1 aliphatic heterocycles. The van der Waals surface area contributed by atoms with Gasteiger partial charge in [0.25, 0.3) is 11.5 Å². The number of allylic oxidation sites excluding steroid dienone is 1. The van der Waals surface area contributed by atoms with E-state index in [2.05, 4.69) is 10.3 Å². The number of carbonyl (C=O) groups is 2. The number of rotatable bonds is 5. The minimum absolute atomic E-state index is 0.186. The molecule has 2 N–H and O–H groups in total. The van der Waals surface area contributed by atoms with Gasteiger partial charge in [-0.2, -0.15) is 0 Å². The SMILES string of the molecule is COc1cccc(C=C2CCn3c2nc2cc(NC(=O)C(Cl)=C(Cl)C(=O)O)ccc2c3=O)c1. The molecule has 2 aromatic carbocycles. The average molecular weight is 486 g/mol. The topological polar surface area (TPSA) is 111 Å². The zero-order valence-corrected chi connectivity index (χ0v) is 18.8. The fraction of sp³-hybridized carbons (Fsp3) is 0.130. The van der Waals surface area contributed by atoms with Crippen molar-refractivity contribution in [2.75, 3.05) is 12.4 Å². The second kappa shape index (κ2) is 9.09. The van der Waals surface area contributed by atoms with E-state index in [-0.39, 0.29) is 11.2 Å². The van der Waals surface area contributed by atoms with E-state index >= 15 is 0 Å². The van der Waals surface area contributed by atoms with Crippen LogP contribution in [0.4, 0.5) is 5.69 Å². The van der Waals surface area contributed by atoms with E-state index in [9.17, 15) is 14.4 Å². The van der Waals surface area contributed by atoms with Gasteiger partial charge < -0.3 is 15.2 Å². The van der Waals surface area contributed by atoms with Crippen molar-refractivity contribution in [2.45, 2.75) is 13.0 Å². The van der Waals surface area contributed by atoms with E-state index in [0.717, 1.165) is 16.9 Å². The molecule has 0 fully saturated rings. The van der Waals surface area contributed by atoms with E-state index in [1.165, 1.54) is 12.1 Å². The van der Waals surface area contributed by atoms with Crippen LogP contribution in [0, 0.1) is 0 Å². The molecule has 10 heteroatoms. The molecule has 3 aromatic rings. The fourth-order valence-electron chi connectivity index (χ4n) is 3.54. The first kappa shape index (κ1) is 22.6. The summed E-state index contributed by atoms with van der Waals surface area (Å²) in [4.78, 5) is 40.8. The van der Waals surface area contributed by atoms with E-state index < -0.39 is 21.9 Å². The molecular weight excluding hydrogens is 469 g/mol. The average Bonchev–Trinajstić information content (AvgIpc) is 3.20. The zero-order valence-electron chi connectivity index (χ0n) is 17.3. The lowest BCUT2D eigenvalue weighted by atomic mass is 10.1. The molecule has 4 rings (SSSR count). The monoisotopic (exact) mass is 485 g/mol. The van der Waals surface area contributed by atoms with E-state index in [1.54, 1.807) is 17.7 Å². The van der Waals surface area contributed by atoms with Crippen molar-refractivity contribution in [2.24, 2.45) is 0 Å². The molecule has 0 radical (unpaired) electrons. The zero-order chi connectivity index (χ0) is 23.7. The van der Waals surface area contributed by atoms with Crippen molar-refractivity contribution in [3.05, 3.63) is 74.3 Å². The molecule has 0 bridgehead atoms. The summed E-state index contributed by atoms with van der Waals surface area (Å²) in [5.74, 6) is -1.14. The molecule has 33 heavy (non-hydrogen) atoms. The Labute approximate surface area is 197 Å². The Morgan fingerprint density at radius 2 is 1.97 bits per heavy atom. The maximum absolute atomic E-state index is 13.0. The summed E-state index contributed by atoms with van der Waals surface area (Å²) in [5, 5.41) is 10.3. The van der Waals surface area contributed by atoms with Crippen LogP contribution in [0.5, 0.6) is 5.75 Å². The maximum atomic E-state index is 13.0. The van der Waals surface area contributed by atoms with Crippen molar-refractivity contribution in [1.29, 1.82) is 0 Å². The molecule has 0 aliphatic carbocycles. The van der Waals surface area contributed by atoms with Crippen molar-refractivity contribution >= 4 is 63.3 Å². The number of amides is 1. The van der Waals surface area contributed by atoms with E-state index in [1.807, 2.05) is 30.3 Å². The number of carboxylic acids is 1. The van der Waals surface area contributed by atoms with Crippen LogP contribution in [0.1, 0.15) is 17.8 Å². The van der Waals surface area contributed by atoms with E-state index in [4.69, 9.17) is 33.0 Å². The van der Waals surface area contributed by atoms with Crippen LogP contribution in [-0.2, 0) is 16.1 Å². The summed E-state index contributed by atoms with van der Waals surface area (Å²) in [6.45, 7) is 0.513. The Bertz CT molecular complexity index is 1430. The number of aromatic nitrogens is 2. The molecule has 0 saturated carbocycles. The smallest absolute Gasteiger partial charge is 0.349 e. The normalized spacial score (nSPS) is 14.7. The first-order chi connectivity index (χ1) is 15.8. The minimum Gasteiger partial charge on any atom is -0.497 e. The Hall–Kier alpha value is -3.62. The lowest BCUT2D eigenvalue weighted by Gasteiger charge is -2.09. The third-order valence-electron chi connectivity index (χ3n) is 5.12. The highest BCUT2D eigenvalue weighted by molar-refractivity contribution is 6.54. The summed E-state index contributed by atoms with van der Waals surface area (Å²) in [6.07, 6.45) is 2.61. The third kappa shape index (κ3) is 4.48. The first-order valence-electron chi connectivity index (χ1n) is 9.78. The number of anilines is 1. The first-order valence-corrected chi connectivity index (χ1v) is 10.5. The standard InChI is InChI=1S/C23H17Cl2N3O5/c1-33-15-4-2-3-12(10-15)9-13-7-8-28-20(13)27-17-11-14(5-6-16(17)22(28)30)26-21(29)18(24)19(25)23(31)32/h2-6,9-11H,7-8H2,1H3,(H,26,29)(H,31,32). The number of nitrogens with one attached hydrogen (secondary N) is 1. The van der Waals surface area contributed by atoms with Crippen molar-refractivity contribution in [3.8, 4) is 5.75 Å². The van der Waals surface area contributed by atoms with Crippen LogP contribution < -0.4 is 15.6 Å². The van der Waals surface area contributed by atoms with Gasteiger partial charge in [0.15, 0.2) is 0 Å². The van der Waals surface area contributed by atoms with Gasteiger partial charge >= 0.3 is 5.97 Å². The largest absolute Gasteiger partial charge is 0.497 e. The van der Waals surface area contributed by atoms with Gasteiger partial charge in [-0.05, 0) is 54.0 Å². The molecular formula is C23H17Cl2N3O5. The molecule has 0 unspecified atom stereocenters. The van der Waals surface area contributed by atoms with Gasteiger partial charge in [-0.15, -0.1) is 0 Å². The van der Waals surface area contributed by atoms with Crippen molar-refractivity contribution in [3.63, 3.8) is 0 Å². The highest BCUT2D eigenvalue weighted by atomic mass is 35.5. The number of nitrogens with zero attached hydrogens (tertiary/aromatic N) is 2. The van der Waals surface area contributed by atoms with Gasteiger partial charge in [-0.25, -0.2) is 9.78 Å². The summed E-state index contributed by atoms with van der Waals surface area (Å²) < 4.78 is 6.89. The number of benzene rings is 2. The number of halogens is 2. The number of aliphatic carboxylic acids is 1. The van der Waals surface area contributed by atoms with Gasteiger partial charge in [0.2, 0.25) is 0 Å². The highest BCUT2D eigenvalue weighted by Crippen LogP contribution is 2.29. The lowest BCUT2D eigenvalue weighted by molar-refractivity contribution is -0.132. The molecule has 0 atom stereocenters. The predicted molar refractivity (Wildman–Crippen MR) is 126 cm³/mol. The molecule has 8 nitrogen and oxygen atoms in total. The van der Waals surface area contributed by atoms with Crippen LogP contribution in [-0.4, -0.2) is 33.6 Å². The van der Waals surface area contributed by atoms with Crippen LogP contribution in [0.3, 0.4) is 0 Å². The Kier molecular flexibility index (Phi) is 6.22. The quantitative estimate of drug-likeness (QED) is 0.527. The number of methoxy groups -OCH3 is 1. The lowest BCUT2D eigenvalue weighted by Crippen LogP contribution is -2.21. The number of hydrogen-bond acceptors (Lipinski definition) is 5. The van der Waals surface area contributed by atoms with Crippen molar-refractivity contribution < 1.29 is 19.4 Å². The summed E-state index contributed by atoms with van der Waals surface area (Å²) >= 11 is 11.3. The van der Waals surface area contributed by atoms with Gasteiger partial charge in [-0.3, -0.25) is 14.2 Å². The Morgan fingerprint density at radius 1 is 1.18 bits per heavy atom. The number of hydrogen-bond donors (Lipinski definition) is 2. The van der Waals surface area contributed by atoms with Crippen LogP contribution in [0.25, 0.3) is 22.6 Å². The Balaban J connectivity index is 1.72. The molecule has 1 aromatic heterocycles. The fourth-order valence-corrected chi connectivity index (χ4v) is 3.76. The second-order valence-corrected chi connectivity index (χ2v) is 7.96. The molecule has 1 aliphatic rings. The predicted octanol–water partition coefficient (Wildman–Crippen LogP) is 4.06. The Morgan fingerprint density at radius 3 is 2.70 bits per heavy atom. The van der Waals surface area contributed by atoms with Gasteiger partial charge in [0.05, 0.1) is 18.0 Å². The van der Waals surface area contributed by atoms with Gasteiger partial charge in [-0.1, -0.05) is 35.3 Å². The number of fused-ring (bicyclic) bond motifs is 2. The van der Waals surface area contributed by atoms with Gasteiger partial charge in [0, 0.05) is 12.2 Å². The molecule has 0 saturated heterocycles. The summed E-state index contributed by atoms with van der Waals surface area (Å²) in [6, 6.07) is 12.1. The molecule has 168 valence electrons. The van der Waals surface area contributed by atoms with Crippen molar-refractivity contribution in [1.82, 2.24) is 9.55 Å². The molecule has 1 amide bonds. The second-order valence-electron chi connectivity index (χ2n) is 7.21. The highest BCUT2D eigenvalue weighted by Gasteiger charge is 2.22.